The number of methoxy groups -OCH3 is 1. The summed E-state index contributed by atoms with van der Waals surface area (Å²) in [6, 6.07) is 18.6. The molecular formula is C29H31NO4. The fraction of sp³-hybridized carbons (Fsp3) is 0.310. The van der Waals surface area contributed by atoms with Gasteiger partial charge in [0.05, 0.1) is 24.3 Å². The number of nitrogens with zero attached hydrogens (tertiary/aromatic N) is 1. The second-order valence-electron chi connectivity index (χ2n) is 9.73. The number of ketones is 1. The number of aliphatic hydroxyl groups excluding tert-OH is 1. The van der Waals surface area contributed by atoms with Crippen LogP contribution in [-0.2, 0) is 15.0 Å². The quantitative estimate of drug-likeness (QED) is 0.291. The van der Waals surface area contributed by atoms with E-state index in [0.717, 1.165) is 21.9 Å². The van der Waals surface area contributed by atoms with Gasteiger partial charge in [0.25, 0.3) is 11.7 Å². The van der Waals surface area contributed by atoms with Crippen LogP contribution in [0.4, 0.5) is 0 Å². The van der Waals surface area contributed by atoms with Crippen LogP contribution in [0.3, 0.4) is 0 Å². The van der Waals surface area contributed by atoms with E-state index in [-0.39, 0.29) is 16.7 Å². The molecule has 0 bridgehead atoms. The standard InChI is InChI=1S/C29H31NO4/c1-6-16-30-25(21-13-9-11-18-10-7-8-12-20(18)21)24(27(32)28(30)33)26(31)22-17-19(29(2,3)4)14-15-23(22)34-5/h7-15,17,25,31H,6,16H2,1-5H3/b26-24+. The zero-order valence-electron chi connectivity index (χ0n) is 20.4. The zero-order chi connectivity index (χ0) is 24.6. The Morgan fingerprint density at radius 2 is 1.74 bits per heavy atom. The average Bonchev–Trinajstić information content (AvgIpc) is 3.07. The molecule has 1 saturated heterocycles. The van der Waals surface area contributed by atoms with Gasteiger partial charge in [0.15, 0.2) is 0 Å². The molecule has 34 heavy (non-hydrogen) atoms. The minimum absolute atomic E-state index is 0.0964. The highest BCUT2D eigenvalue weighted by atomic mass is 16.5. The van der Waals surface area contributed by atoms with Gasteiger partial charge >= 0.3 is 0 Å². The molecule has 0 radical (unpaired) electrons. The van der Waals surface area contributed by atoms with E-state index < -0.39 is 17.7 Å². The Morgan fingerprint density at radius 1 is 1.03 bits per heavy atom. The van der Waals surface area contributed by atoms with Crippen LogP contribution in [0, 0.1) is 0 Å². The van der Waals surface area contributed by atoms with Gasteiger partial charge in [-0.1, -0.05) is 76.2 Å². The lowest BCUT2D eigenvalue weighted by Gasteiger charge is -2.26. The molecular weight excluding hydrogens is 426 g/mol. The summed E-state index contributed by atoms with van der Waals surface area (Å²) in [6.45, 7) is 8.61. The number of likely N-dealkylation sites (tertiary alicyclic amines) is 1. The van der Waals surface area contributed by atoms with Crippen molar-refractivity contribution in [2.24, 2.45) is 0 Å². The van der Waals surface area contributed by atoms with Crippen molar-refractivity contribution in [3.05, 3.63) is 82.9 Å². The Labute approximate surface area is 200 Å². The summed E-state index contributed by atoms with van der Waals surface area (Å²) in [5, 5.41) is 13.6. The summed E-state index contributed by atoms with van der Waals surface area (Å²) in [6.07, 6.45) is 0.692. The van der Waals surface area contributed by atoms with Crippen molar-refractivity contribution < 1.29 is 19.4 Å². The molecule has 0 aliphatic carbocycles. The van der Waals surface area contributed by atoms with Crippen molar-refractivity contribution in [3.63, 3.8) is 0 Å². The number of benzene rings is 3. The van der Waals surface area contributed by atoms with E-state index in [4.69, 9.17) is 4.74 Å². The molecule has 1 fully saturated rings. The lowest BCUT2D eigenvalue weighted by Crippen LogP contribution is -2.30. The zero-order valence-corrected chi connectivity index (χ0v) is 20.4. The van der Waals surface area contributed by atoms with E-state index in [2.05, 4.69) is 20.8 Å². The highest BCUT2D eigenvalue weighted by molar-refractivity contribution is 6.46. The number of hydrogen-bond acceptors (Lipinski definition) is 4. The smallest absolute Gasteiger partial charge is 0.295 e. The number of ether oxygens (including phenoxy) is 1. The SMILES string of the molecule is CCCN1C(=O)C(=O)/C(=C(/O)c2cc(C(C)(C)C)ccc2OC)C1c1cccc2ccccc12. The highest BCUT2D eigenvalue weighted by Gasteiger charge is 2.46. The van der Waals surface area contributed by atoms with E-state index in [1.807, 2.05) is 61.5 Å². The Kier molecular flexibility index (Phi) is 6.22. The normalized spacial score (nSPS) is 18.0. The van der Waals surface area contributed by atoms with Gasteiger partial charge in [-0.25, -0.2) is 0 Å². The van der Waals surface area contributed by atoms with E-state index >= 15 is 0 Å². The van der Waals surface area contributed by atoms with Crippen molar-refractivity contribution in [1.82, 2.24) is 4.90 Å². The van der Waals surface area contributed by atoms with E-state index in [0.29, 0.717) is 24.3 Å². The number of aliphatic hydroxyl groups is 1. The molecule has 0 spiro atoms. The first-order valence-corrected chi connectivity index (χ1v) is 11.6. The van der Waals surface area contributed by atoms with Gasteiger partial charge < -0.3 is 14.7 Å². The number of Topliss-reactive ketones (excluding diaryl/α,β-unsaturated/α-hetero) is 1. The van der Waals surface area contributed by atoms with Gasteiger partial charge in [-0.3, -0.25) is 9.59 Å². The third kappa shape index (κ3) is 3.96. The summed E-state index contributed by atoms with van der Waals surface area (Å²) in [5.74, 6) is -1.03. The van der Waals surface area contributed by atoms with Gasteiger partial charge in [0.2, 0.25) is 0 Å². The number of fused-ring (bicyclic) bond motifs is 1. The molecule has 176 valence electrons. The van der Waals surface area contributed by atoms with Crippen LogP contribution in [0.2, 0.25) is 0 Å². The maximum atomic E-state index is 13.4. The Balaban J connectivity index is 2.02. The molecule has 4 rings (SSSR count). The predicted molar refractivity (Wildman–Crippen MR) is 135 cm³/mol. The second-order valence-corrected chi connectivity index (χ2v) is 9.73. The molecule has 3 aromatic carbocycles. The van der Waals surface area contributed by atoms with Crippen LogP contribution in [0.5, 0.6) is 5.75 Å². The fourth-order valence-corrected chi connectivity index (χ4v) is 4.67. The second kappa shape index (κ2) is 8.98. The van der Waals surface area contributed by atoms with Crippen LogP contribution < -0.4 is 4.74 Å². The topological polar surface area (TPSA) is 66.8 Å². The Morgan fingerprint density at radius 3 is 2.41 bits per heavy atom. The number of amides is 1. The lowest BCUT2D eigenvalue weighted by atomic mass is 9.85. The van der Waals surface area contributed by atoms with Gasteiger partial charge in [-0.05, 0) is 45.9 Å². The Bertz CT molecular complexity index is 1290. The van der Waals surface area contributed by atoms with Crippen LogP contribution in [0.1, 0.15) is 56.8 Å². The molecule has 1 heterocycles. The van der Waals surface area contributed by atoms with E-state index in [9.17, 15) is 14.7 Å². The minimum atomic E-state index is -0.686. The largest absolute Gasteiger partial charge is 0.507 e. The number of hydrogen-bond donors (Lipinski definition) is 1. The molecule has 5 nitrogen and oxygen atoms in total. The van der Waals surface area contributed by atoms with Gasteiger partial charge in [0, 0.05) is 6.54 Å². The van der Waals surface area contributed by atoms with Crippen LogP contribution in [-0.4, -0.2) is 35.4 Å². The first-order chi connectivity index (χ1) is 16.2. The summed E-state index contributed by atoms with van der Waals surface area (Å²) in [4.78, 5) is 28.1. The minimum Gasteiger partial charge on any atom is -0.507 e. The molecule has 1 unspecified atom stereocenters. The van der Waals surface area contributed by atoms with Crippen LogP contribution in [0.15, 0.2) is 66.2 Å². The molecule has 1 aliphatic heterocycles. The third-order valence-corrected chi connectivity index (χ3v) is 6.44. The molecule has 3 aromatic rings. The maximum Gasteiger partial charge on any atom is 0.295 e. The molecule has 0 saturated carbocycles. The van der Waals surface area contributed by atoms with E-state index in [1.54, 1.807) is 11.0 Å². The Hall–Kier alpha value is -3.60. The number of carbonyl (C=O) groups excluding carboxylic acids is 2. The summed E-state index contributed by atoms with van der Waals surface area (Å²) in [5.41, 5.74) is 2.14. The maximum absolute atomic E-state index is 13.4. The predicted octanol–water partition coefficient (Wildman–Crippen LogP) is 5.98. The fourth-order valence-electron chi connectivity index (χ4n) is 4.67. The summed E-state index contributed by atoms with van der Waals surface area (Å²) >= 11 is 0. The molecule has 1 amide bonds. The van der Waals surface area contributed by atoms with Crippen molar-refractivity contribution in [2.45, 2.75) is 45.6 Å². The van der Waals surface area contributed by atoms with Crippen LogP contribution in [0.25, 0.3) is 16.5 Å². The number of carbonyl (C=O) groups is 2. The lowest BCUT2D eigenvalue weighted by molar-refractivity contribution is -0.139. The first kappa shape index (κ1) is 23.6. The molecule has 5 heteroatoms. The van der Waals surface area contributed by atoms with Crippen LogP contribution >= 0.6 is 0 Å². The van der Waals surface area contributed by atoms with Crippen molar-refractivity contribution in [2.75, 3.05) is 13.7 Å². The van der Waals surface area contributed by atoms with E-state index in [1.165, 1.54) is 7.11 Å². The highest BCUT2D eigenvalue weighted by Crippen LogP contribution is 2.43. The number of rotatable bonds is 5. The van der Waals surface area contributed by atoms with Crippen molar-refractivity contribution in [1.29, 1.82) is 0 Å². The first-order valence-electron chi connectivity index (χ1n) is 11.6. The van der Waals surface area contributed by atoms with Crippen molar-refractivity contribution >= 4 is 28.2 Å². The summed E-state index contributed by atoms with van der Waals surface area (Å²) < 4.78 is 5.54. The average molecular weight is 458 g/mol. The molecule has 1 N–H and O–H groups in total. The monoisotopic (exact) mass is 457 g/mol. The van der Waals surface area contributed by atoms with Gasteiger partial charge in [-0.2, -0.15) is 0 Å². The summed E-state index contributed by atoms with van der Waals surface area (Å²) in [7, 11) is 1.53. The third-order valence-electron chi connectivity index (χ3n) is 6.44. The van der Waals surface area contributed by atoms with Crippen molar-refractivity contribution in [3.8, 4) is 5.75 Å². The molecule has 0 aromatic heterocycles. The molecule has 1 aliphatic rings. The van der Waals surface area contributed by atoms with Gasteiger partial charge in [0.1, 0.15) is 11.5 Å². The van der Waals surface area contributed by atoms with Gasteiger partial charge in [-0.15, -0.1) is 0 Å². The molecule has 1 atom stereocenters.